The number of nitrogens with zero attached hydrogens (tertiary/aromatic N) is 1. The molecule has 0 amide bonds. The van der Waals surface area contributed by atoms with Crippen LogP contribution in [0, 0.1) is 13.1 Å². The molecule has 1 radical (unpaired) electrons. The molecule has 3 aromatic rings. The smallest absolute Gasteiger partial charge is 0.184 e. The van der Waals surface area contributed by atoms with E-state index in [0.717, 1.165) is 5.56 Å². The minimum Gasteiger partial charge on any atom is -0.314 e. The Balaban J connectivity index is 2.12. The third-order valence-electron chi connectivity index (χ3n) is 3.23. The second-order valence-electron chi connectivity index (χ2n) is 4.77. The van der Waals surface area contributed by atoms with Crippen LogP contribution in [0.15, 0.2) is 59.6 Å². The molecule has 0 spiro atoms. The Kier molecular flexibility index (Phi) is 3.10. The van der Waals surface area contributed by atoms with E-state index < -0.39 is 9.84 Å². The lowest BCUT2D eigenvalue weighted by Crippen LogP contribution is -2.06. The molecule has 0 saturated carbocycles. The second-order valence-corrected chi connectivity index (χ2v) is 6.69. The van der Waals surface area contributed by atoms with Crippen LogP contribution in [0.3, 0.4) is 0 Å². The highest BCUT2D eigenvalue weighted by Gasteiger charge is 2.22. The molecule has 3 rings (SSSR count). The zero-order chi connectivity index (χ0) is 14.2. The number of fused-ring (bicyclic) bond motifs is 1. The van der Waals surface area contributed by atoms with Crippen molar-refractivity contribution >= 4 is 15.4 Å². The van der Waals surface area contributed by atoms with Crippen molar-refractivity contribution in [1.82, 2.24) is 4.40 Å². The predicted molar refractivity (Wildman–Crippen MR) is 78.3 cm³/mol. The Labute approximate surface area is 118 Å². The van der Waals surface area contributed by atoms with Gasteiger partial charge in [-0.25, -0.2) is 8.42 Å². The fourth-order valence-corrected chi connectivity index (χ4v) is 4.18. The van der Waals surface area contributed by atoms with Gasteiger partial charge in [-0.1, -0.05) is 36.4 Å². The highest BCUT2D eigenvalue weighted by atomic mass is 32.2. The SMILES string of the molecule is Cc1[c]n2ccccc2c1S(=O)(=O)Cc1ccccc1. The van der Waals surface area contributed by atoms with Crippen LogP contribution in [0.25, 0.3) is 5.52 Å². The van der Waals surface area contributed by atoms with E-state index in [2.05, 4.69) is 6.20 Å². The average Bonchev–Trinajstić information content (AvgIpc) is 2.75. The van der Waals surface area contributed by atoms with E-state index in [1.165, 1.54) is 0 Å². The van der Waals surface area contributed by atoms with E-state index in [-0.39, 0.29) is 5.75 Å². The van der Waals surface area contributed by atoms with Gasteiger partial charge in [-0.3, -0.25) is 0 Å². The molecule has 0 unspecified atom stereocenters. The summed E-state index contributed by atoms with van der Waals surface area (Å²) in [4.78, 5) is 0.377. The van der Waals surface area contributed by atoms with Crippen molar-refractivity contribution in [2.75, 3.05) is 0 Å². The van der Waals surface area contributed by atoms with Gasteiger partial charge in [0.1, 0.15) is 0 Å². The van der Waals surface area contributed by atoms with Crippen molar-refractivity contribution in [2.24, 2.45) is 0 Å². The molecule has 0 fully saturated rings. The number of aromatic nitrogens is 1. The van der Waals surface area contributed by atoms with Crippen LogP contribution in [0.4, 0.5) is 0 Å². The van der Waals surface area contributed by atoms with Crippen molar-refractivity contribution in [3.63, 3.8) is 0 Å². The summed E-state index contributed by atoms with van der Waals surface area (Å²) in [6.45, 7) is 1.78. The van der Waals surface area contributed by atoms with Gasteiger partial charge in [0.15, 0.2) is 9.84 Å². The van der Waals surface area contributed by atoms with Crippen molar-refractivity contribution < 1.29 is 8.42 Å². The number of aryl methyl sites for hydroxylation is 1. The van der Waals surface area contributed by atoms with Crippen molar-refractivity contribution in [2.45, 2.75) is 17.6 Å². The van der Waals surface area contributed by atoms with E-state index in [1.54, 1.807) is 17.4 Å². The number of hydrogen-bond donors (Lipinski definition) is 0. The van der Waals surface area contributed by atoms with Crippen LogP contribution in [0.1, 0.15) is 11.1 Å². The zero-order valence-electron chi connectivity index (χ0n) is 11.1. The van der Waals surface area contributed by atoms with Crippen LogP contribution < -0.4 is 0 Å². The minimum atomic E-state index is -3.38. The fraction of sp³-hybridized carbons (Fsp3) is 0.125. The molecule has 2 aromatic heterocycles. The molecular formula is C16H14NO2S. The molecular weight excluding hydrogens is 270 g/mol. The van der Waals surface area contributed by atoms with Crippen LogP contribution >= 0.6 is 0 Å². The van der Waals surface area contributed by atoms with Gasteiger partial charge >= 0.3 is 0 Å². The monoisotopic (exact) mass is 284 g/mol. The molecule has 3 nitrogen and oxygen atoms in total. The van der Waals surface area contributed by atoms with Crippen molar-refractivity contribution in [1.29, 1.82) is 0 Å². The summed E-state index contributed by atoms with van der Waals surface area (Å²) in [5.74, 6) is 0.0110. The van der Waals surface area contributed by atoms with Crippen molar-refractivity contribution in [3.05, 3.63) is 72.1 Å². The van der Waals surface area contributed by atoms with Gasteiger partial charge in [0.2, 0.25) is 0 Å². The third kappa shape index (κ3) is 2.23. The molecule has 101 valence electrons. The first-order valence-electron chi connectivity index (χ1n) is 6.33. The molecule has 1 aromatic carbocycles. The molecule has 0 aliphatic rings. The predicted octanol–water partition coefficient (Wildman–Crippen LogP) is 3.02. The van der Waals surface area contributed by atoms with E-state index in [0.29, 0.717) is 16.0 Å². The molecule has 0 aliphatic heterocycles. The first kappa shape index (κ1) is 12.9. The zero-order valence-corrected chi connectivity index (χ0v) is 11.9. The van der Waals surface area contributed by atoms with Gasteiger partial charge in [0.05, 0.1) is 22.4 Å². The summed E-state index contributed by atoms with van der Waals surface area (Å²) in [6.07, 6.45) is 4.87. The lowest BCUT2D eigenvalue weighted by atomic mass is 10.2. The highest BCUT2D eigenvalue weighted by Crippen LogP contribution is 2.26. The summed E-state index contributed by atoms with van der Waals surface area (Å²) in [5, 5.41) is 0. The van der Waals surface area contributed by atoms with E-state index >= 15 is 0 Å². The van der Waals surface area contributed by atoms with Crippen LogP contribution in [-0.2, 0) is 15.6 Å². The van der Waals surface area contributed by atoms with Gasteiger partial charge in [-0.15, -0.1) is 0 Å². The molecule has 20 heavy (non-hydrogen) atoms. The number of rotatable bonds is 3. The molecule has 0 aliphatic carbocycles. The Bertz CT molecular complexity index is 849. The molecule has 0 saturated heterocycles. The first-order chi connectivity index (χ1) is 9.58. The molecule has 0 N–H and O–H groups in total. The summed E-state index contributed by atoms with van der Waals surface area (Å²) in [5.41, 5.74) is 2.13. The molecule has 0 bridgehead atoms. The number of hydrogen-bond acceptors (Lipinski definition) is 2. The Morgan fingerprint density at radius 2 is 1.75 bits per heavy atom. The van der Waals surface area contributed by atoms with E-state index in [1.807, 2.05) is 48.7 Å². The van der Waals surface area contributed by atoms with E-state index in [4.69, 9.17) is 0 Å². The fourth-order valence-electron chi connectivity index (χ4n) is 2.41. The second kappa shape index (κ2) is 4.80. The average molecular weight is 284 g/mol. The molecule has 0 atom stereocenters. The van der Waals surface area contributed by atoms with Crippen LogP contribution in [0.5, 0.6) is 0 Å². The summed E-state index contributed by atoms with van der Waals surface area (Å²) in [6, 6.07) is 14.7. The van der Waals surface area contributed by atoms with Crippen LogP contribution in [0.2, 0.25) is 0 Å². The first-order valence-corrected chi connectivity index (χ1v) is 7.99. The lowest BCUT2D eigenvalue weighted by Gasteiger charge is -2.05. The summed E-state index contributed by atoms with van der Waals surface area (Å²) < 4.78 is 27.1. The highest BCUT2D eigenvalue weighted by molar-refractivity contribution is 7.91. The summed E-state index contributed by atoms with van der Waals surface area (Å²) >= 11 is 0. The maximum Gasteiger partial charge on any atom is 0.184 e. The quantitative estimate of drug-likeness (QED) is 0.741. The minimum absolute atomic E-state index is 0.0110. The largest absolute Gasteiger partial charge is 0.314 e. The van der Waals surface area contributed by atoms with E-state index in [9.17, 15) is 8.42 Å². The van der Waals surface area contributed by atoms with Gasteiger partial charge in [0, 0.05) is 6.20 Å². The Hall–Kier alpha value is -2.07. The maximum absolute atomic E-state index is 12.7. The third-order valence-corrected chi connectivity index (χ3v) is 5.08. The summed E-state index contributed by atoms with van der Waals surface area (Å²) in [7, 11) is -3.38. The Morgan fingerprint density at radius 1 is 1.05 bits per heavy atom. The number of pyridine rings is 1. The molecule has 2 heterocycles. The molecule has 4 heteroatoms. The topological polar surface area (TPSA) is 38.5 Å². The number of benzene rings is 1. The van der Waals surface area contributed by atoms with Gasteiger partial charge in [0.25, 0.3) is 0 Å². The normalized spacial score (nSPS) is 11.8. The van der Waals surface area contributed by atoms with Gasteiger partial charge in [-0.05, 0) is 30.2 Å². The Morgan fingerprint density at radius 3 is 2.50 bits per heavy atom. The van der Waals surface area contributed by atoms with Gasteiger partial charge in [-0.2, -0.15) is 0 Å². The maximum atomic E-state index is 12.7. The van der Waals surface area contributed by atoms with Crippen LogP contribution in [-0.4, -0.2) is 12.8 Å². The number of sulfone groups is 1. The standard InChI is InChI=1S/C16H14NO2S/c1-13-11-17-10-6-5-9-15(17)16(13)20(18,19)12-14-7-3-2-4-8-14/h2-10H,12H2,1H3. The lowest BCUT2D eigenvalue weighted by molar-refractivity contribution is 0.595. The van der Waals surface area contributed by atoms with Crippen molar-refractivity contribution in [3.8, 4) is 0 Å². The van der Waals surface area contributed by atoms with Gasteiger partial charge < -0.3 is 4.40 Å².